The summed E-state index contributed by atoms with van der Waals surface area (Å²) in [6.45, 7) is 16.4. The molecule has 0 saturated carbocycles. The average Bonchev–Trinajstić information content (AvgIpc) is 3.19. The van der Waals surface area contributed by atoms with Gasteiger partial charge in [0, 0.05) is 27.7 Å². The van der Waals surface area contributed by atoms with E-state index in [2.05, 4.69) is 39.9 Å². The third-order valence-corrected chi connectivity index (χ3v) is 6.22. The molecular formula is C25H51FN2O4. The molecule has 6 nitrogen and oxygen atoms in total. The van der Waals surface area contributed by atoms with Gasteiger partial charge in [0.15, 0.2) is 0 Å². The summed E-state index contributed by atoms with van der Waals surface area (Å²) in [5.41, 5.74) is 0. The van der Waals surface area contributed by atoms with Crippen LogP contribution in [0.4, 0.5) is 4.39 Å². The van der Waals surface area contributed by atoms with Crippen LogP contribution < -0.4 is 5.32 Å². The van der Waals surface area contributed by atoms with Crippen molar-refractivity contribution in [1.29, 1.82) is 0 Å². The average molecular weight is 463 g/mol. The van der Waals surface area contributed by atoms with E-state index in [4.69, 9.17) is 9.47 Å². The highest BCUT2D eigenvalue weighted by Gasteiger charge is 2.44. The molecule has 32 heavy (non-hydrogen) atoms. The Morgan fingerprint density at radius 3 is 2.03 bits per heavy atom. The maximum absolute atomic E-state index is 14.2. The quantitative estimate of drug-likeness (QED) is 0.504. The number of carbonyl (C=O) groups excluding carboxylic acids is 2. The fourth-order valence-corrected chi connectivity index (χ4v) is 3.99. The monoisotopic (exact) mass is 462 g/mol. The summed E-state index contributed by atoms with van der Waals surface area (Å²) in [4.78, 5) is 26.6. The molecule has 0 aromatic heterocycles. The van der Waals surface area contributed by atoms with E-state index < -0.39 is 24.2 Å². The topological polar surface area (TPSA) is 67.9 Å². The van der Waals surface area contributed by atoms with E-state index in [1.54, 1.807) is 26.0 Å². The summed E-state index contributed by atoms with van der Waals surface area (Å²) in [7, 11) is 4.67. The Hall–Kier alpha value is -1.21. The normalized spacial score (nSPS) is 22.3. The van der Waals surface area contributed by atoms with Crippen LogP contribution in [-0.2, 0) is 19.1 Å². The lowest BCUT2D eigenvalue weighted by molar-refractivity contribution is -0.142. The zero-order chi connectivity index (χ0) is 25.4. The van der Waals surface area contributed by atoms with Crippen molar-refractivity contribution < 1.29 is 23.5 Å². The van der Waals surface area contributed by atoms with Gasteiger partial charge in [-0.3, -0.25) is 9.59 Å². The van der Waals surface area contributed by atoms with Gasteiger partial charge in [-0.1, -0.05) is 68.2 Å². The second-order valence-corrected chi connectivity index (χ2v) is 8.48. The Morgan fingerprint density at radius 1 is 1.09 bits per heavy atom. The number of ether oxygens (including phenoxy) is 2. The van der Waals surface area contributed by atoms with Crippen molar-refractivity contribution in [3.05, 3.63) is 0 Å². The number of rotatable bonds is 10. The van der Waals surface area contributed by atoms with Crippen LogP contribution in [0.5, 0.6) is 0 Å². The van der Waals surface area contributed by atoms with Crippen LogP contribution >= 0.6 is 0 Å². The molecule has 0 aliphatic carbocycles. The standard InChI is InChI=1S/C20H37FN2O4.C3H8.C2H6/c1-8-12(2)13(3)17(26-6)10-18(24)23-11-15(21)9-16(23)19(27-7)14(4)20(25)22-5;1-3-2;1-2/h12-17,19H,8-11H2,1-7H3,(H,22,25);3H2,1-2H3;1-2H3. The van der Waals surface area contributed by atoms with E-state index in [0.717, 1.165) is 6.42 Å². The highest BCUT2D eigenvalue weighted by atomic mass is 19.1. The van der Waals surface area contributed by atoms with Crippen LogP contribution in [0.1, 0.15) is 81.1 Å². The Balaban J connectivity index is 0. The molecule has 0 spiro atoms. The van der Waals surface area contributed by atoms with E-state index in [-0.39, 0.29) is 43.2 Å². The first-order valence-electron chi connectivity index (χ1n) is 12.3. The highest BCUT2D eigenvalue weighted by Crippen LogP contribution is 2.30. The molecule has 192 valence electrons. The van der Waals surface area contributed by atoms with Crippen LogP contribution in [0, 0.1) is 17.8 Å². The minimum atomic E-state index is -1.11. The number of nitrogens with zero attached hydrogens (tertiary/aromatic N) is 1. The van der Waals surface area contributed by atoms with Gasteiger partial charge >= 0.3 is 0 Å². The second kappa shape index (κ2) is 18.2. The number of hydrogen-bond donors (Lipinski definition) is 1. The van der Waals surface area contributed by atoms with E-state index in [9.17, 15) is 14.0 Å². The molecule has 1 saturated heterocycles. The molecule has 7 heteroatoms. The van der Waals surface area contributed by atoms with Crippen LogP contribution in [0.25, 0.3) is 0 Å². The van der Waals surface area contributed by atoms with E-state index in [1.165, 1.54) is 13.5 Å². The van der Waals surface area contributed by atoms with Crippen molar-refractivity contribution in [2.45, 2.75) is 105 Å². The lowest BCUT2D eigenvalue weighted by Gasteiger charge is -2.35. The molecule has 0 aromatic rings. The van der Waals surface area contributed by atoms with Gasteiger partial charge in [0.2, 0.25) is 11.8 Å². The largest absolute Gasteiger partial charge is 0.381 e. The van der Waals surface area contributed by atoms with Gasteiger partial charge < -0.3 is 19.7 Å². The van der Waals surface area contributed by atoms with Crippen LogP contribution in [0.3, 0.4) is 0 Å². The van der Waals surface area contributed by atoms with Crippen LogP contribution in [0.15, 0.2) is 0 Å². The maximum Gasteiger partial charge on any atom is 0.225 e. The fraction of sp³-hybridized carbons (Fsp3) is 0.920. The molecular weight excluding hydrogens is 411 g/mol. The predicted molar refractivity (Wildman–Crippen MR) is 130 cm³/mol. The SMILES string of the molecule is CC.CCC.CCC(C)C(C)C(CC(=O)N1CC(F)CC1C(OC)C(C)C(=O)NC)OC. The molecule has 1 N–H and O–H groups in total. The Morgan fingerprint density at radius 2 is 1.62 bits per heavy atom. The first-order chi connectivity index (χ1) is 15.1. The molecule has 7 unspecified atom stereocenters. The van der Waals surface area contributed by atoms with Gasteiger partial charge in [0.1, 0.15) is 6.17 Å². The lowest BCUT2D eigenvalue weighted by Crippen LogP contribution is -2.50. The zero-order valence-electron chi connectivity index (χ0n) is 22.5. The van der Waals surface area contributed by atoms with Crippen molar-refractivity contribution in [3.8, 4) is 0 Å². The van der Waals surface area contributed by atoms with Gasteiger partial charge in [-0.15, -0.1) is 0 Å². The Bertz CT molecular complexity index is 506. The number of carbonyl (C=O) groups is 2. The number of nitrogens with one attached hydrogen (secondary N) is 1. The first kappa shape index (κ1) is 33.0. The highest BCUT2D eigenvalue weighted by molar-refractivity contribution is 5.80. The molecule has 7 atom stereocenters. The van der Waals surface area contributed by atoms with Crippen molar-refractivity contribution >= 4 is 11.8 Å². The Labute approximate surface area is 197 Å². The summed E-state index contributed by atoms with van der Waals surface area (Å²) in [6.07, 6.45) is 0.761. The first-order valence-corrected chi connectivity index (χ1v) is 12.3. The molecule has 1 fully saturated rings. The third-order valence-electron chi connectivity index (χ3n) is 6.22. The third kappa shape index (κ3) is 10.2. The minimum absolute atomic E-state index is 0.0397. The van der Waals surface area contributed by atoms with Gasteiger partial charge in [-0.05, 0) is 11.8 Å². The molecule has 0 radical (unpaired) electrons. The molecule has 1 aliphatic heterocycles. The summed E-state index contributed by atoms with van der Waals surface area (Å²) in [5, 5.41) is 2.60. The molecule has 0 aromatic carbocycles. The van der Waals surface area contributed by atoms with E-state index in [1.807, 2.05) is 13.8 Å². The predicted octanol–water partition coefficient (Wildman–Crippen LogP) is 4.85. The summed E-state index contributed by atoms with van der Waals surface area (Å²) in [5.74, 6) is -0.173. The molecule has 0 bridgehead atoms. The second-order valence-electron chi connectivity index (χ2n) is 8.48. The number of hydrogen-bond acceptors (Lipinski definition) is 4. The summed E-state index contributed by atoms with van der Waals surface area (Å²) in [6, 6.07) is -0.457. The van der Waals surface area contributed by atoms with Crippen molar-refractivity contribution in [2.75, 3.05) is 27.8 Å². The molecule has 1 rings (SSSR count). The summed E-state index contributed by atoms with van der Waals surface area (Å²) < 4.78 is 25.3. The minimum Gasteiger partial charge on any atom is -0.381 e. The molecule has 1 heterocycles. The number of alkyl halides is 1. The fourth-order valence-electron chi connectivity index (χ4n) is 3.99. The zero-order valence-corrected chi connectivity index (χ0v) is 22.5. The lowest BCUT2D eigenvalue weighted by atomic mass is 9.87. The van der Waals surface area contributed by atoms with Gasteiger partial charge in [-0.25, -0.2) is 4.39 Å². The van der Waals surface area contributed by atoms with E-state index in [0.29, 0.717) is 5.92 Å². The van der Waals surface area contributed by atoms with Crippen molar-refractivity contribution in [2.24, 2.45) is 17.8 Å². The maximum atomic E-state index is 14.2. The number of methoxy groups -OCH3 is 2. The van der Waals surface area contributed by atoms with Crippen LogP contribution in [-0.4, -0.2) is 68.9 Å². The number of amides is 2. The smallest absolute Gasteiger partial charge is 0.225 e. The molecule has 1 aliphatic rings. The van der Waals surface area contributed by atoms with Crippen molar-refractivity contribution in [1.82, 2.24) is 10.2 Å². The van der Waals surface area contributed by atoms with Gasteiger partial charge in [-0.2, -0.15) is 0 Å². The Kier molecular flexibility index (Phi) is 18.8. The van der Waals surface area contributed by atoms with Gasteiger partial charge in [0.25, 0.3) is 0 Å². The van der Waals surface area contributed by atoms with E-state index >= 15 is 0 Å². The van der Waals surface area contributed by atoms with Gasteiger partial charge in [0.05, 0.1) is 37.1 Å². The number of likely N-dealkylation sites (tertiary alicyclic amines) is 1. The summed E-state index contributed by atoms with van der Waals surface area (Å²) >= 11 is 0. The van der Waals surface area contributed by atoms with Crippen molar-refractivity contribution in [3.63, 3.8) is 0 Å². The van der Waals surface area contributed by atoms with Crippen LogP contribution in [0.2, 0.25) is 0 Å². The number of halogens is 1. The molecule has 2 amide bonds.